The molecule has 1 atom stereocenters. The Kier molecular flexibility index (Phi) is 7.77. The van der Waals surface area contributed by atoms with Gasteiger partial charge in [0.2, 0.25) is 0 Å². The van der Waals surface area contributed by atoms with Crippen LogP contribution in [0.5, 0.6) is 0 Å². The van der Waals surface area contributed by atoms with E-state index in [4.69, 9.17) is 8.85 Å². The summed E-state index contributed by atoms with van der Waals surface area (Å²) in [4.78, 5) is 0. The lowest BCUT2D eigenvalue weighted by atomic mass is 10.1. The van der Waals surface area contributed by atoms with E-state index in [-0.39, 0.29) is 11.7 Å². The van der Waals surface area contributed by atoms with Gasteiger partial charge in [-0.2, -0.15) is 13.2 Å². The number of halogens is 3. The molecule has 0 amide bonds. The molecule has 0 unspecified atom stereocenters. The third-order valence-corrected chi connectivity index (χ3v) is 5.18. The Balaban J connectivity index is 2.88. The first-order valence-corrected chi connectivity index (χ1v) is 11.0. The van der Waals surface area contributed by atoms with Crippen LogP contribution < -0.4 is 0 Å². The van der Waals surface area contributed by atoms with Crippen molar-refractivity contribution in [3.8, 4) is 0 Å². The van der Waals surface area contributed by atoms with Gasteiger partial charge in [-0.25, -0.2) is 0 Å². The van der Waals surface area contributed by atoms with Crippen LogP contribution in [0.4, 0.5) is 13.2 Å². The normalized spacial score (nSPS) is 14.3. The van der Waals surface area contributed by atoms with E-state index in [9.17, 15) is 13.2 Å². The van der Waals surface area contributed by atoms with Gasteiger partial charge in [-0.3, -0.25) is 0 Å². The lowest BCUT2D eigenvalue weighted by Crippen LogP contribution is -2.43. The first-order chi connectivity index (χ1) is 10.7. The fraction of sp³-hybridized carbons (Fsp3) is 0.647. The lowest BCUT2D eigenvalue weighted by molar-refractivity contribution is -0.205. The van der Waals surface area contributed by atoms with Crippen LogP contribution in [0.1, 0.15) is 51.2 Å². The smallest absolute Gasteiger partial charge is 0.391 e. The molecule has 0 fully saturated rings. The minimum absolute atomic E-state index is 0.0312. The van der Waals surface area contributed by atoms with Crippen LogP contribution in [0.2, 0.25) is 13.1 Å². The molecule has 0 N–H and O–H groups in total. The van der Waals surface area contributed by atoms with Crippen LogP contribution >= 0.6 is 0 Å². The van der Waals surface area contributed by atoms with Crippen LogP contribution in [0.3, 0.4) is 0 Å². The zero-order valence-electron chi connectivity index (χ0n) is 14.3. The van der Waals surface area contributed by atoms with Crippen LogP contribution in [0, 0.1) is 0 Å². The second kappa shape index (κ2) is 8.85. The maximum Gasteiger partial charge on any atom is 0.417 e. The molecule has 0 radical (unpaired) electrons. The second-order valence-corrected chi connectivity index (χ2v) is 9.44. The van der Waals surface area contributed by atoms with Crippen molar-refractivity contribution in [1.29, 1.82) is 0 Å². The predicted molar refractivity (Wildman–Crippen MR) is 88.5 cm³/mol. The van der Waals surface area contributed by atoms with Crippen molar-refractivity contribution >= 4 is 8.56 Å². The van der Waals surface area contributed by atoms with Crippen molar-refractivity contribution in [2.45, 2.75) is 71.0 Å². The first kappa shape index (κ1) is 20.2. The van der Waals surface area contributed by atoms with Crippen molar-refractivity contribution in [3.05, 3.63) is 35.9 Å². The standard InChI is InChI=1S/C17H27F3O2Si/c1-5-10-15(11-6-2)21-23(3,4)22-16(17(18,19)20)14-12-8-7-9-13-14/h7-9,12-13,15-16H,5-6,10-11H2,1-4H3/t16-/m0/s1. The van der Waals surface area contributed by atoms with Crippen LogP contribution in [-0.4, -0.2) is 20.8 Å². The van der Waals surface area contributed by atoms with E-state index in [2.05, 4.69) is 0 Å². The van der Waals surface area contributed by atoms with Crippen molar-refractivity contribution < 1.29 is 22.0 Å². The van der Waals surface area contributed by atoms with Gasteiger partial charge in [0, 0.05) is 6.10 Å². The average Bonchev–Trinajstić information content (AvgIpc) is 2.45. The lowest BCUT2D eigenvalue weighted by Gasteiger charge is -2.33. The maximum atomic E-state index is 13.4. The van der Waals surface area contributed by atoms with Gasteiger partial charge >= 0.3 is 14.7 Å². The van der Waals surface area contributed by atoms with Gasteiger partial charge in [0.15, 0.2) is 6.10 Å². The van der Waals surface area contributed by atoms with Gasteiger partial charge in [0.25, 0.3) is 0 Å². The number of alkyl halides is 3. The minimum Gasteiger partial charge on any atom is -0.391 e. The topological polar surface area (TPSA) is 18.5 Å². The van der Waals surface area contributed by atoms with E-state index in [0.717, 1.165) is 25.7 Å². The molecule has 1 rings (SSSR count). The highest BCUT2D eigenvalue weighted by atomic mass is 28.4. The molecule has 1 aromatic carbocycles. The molecular formula is C17H27F3O2Si. The molecule has 0 saturated carbocycles. The largest absolute Gasteiger partial charge is 0.417 e. The highest BCUT2D eigenvalue weighted by Gasteiger charge is 2.46. The maximum absolute atomic E-state index is 13.4. The SMILES string of the molecule is CCCC(CCC)O[Si](C)(C)O[C@@H](c1ccccc1)C(F)(F)F. The summed E-state index contributed by atoms with van der Waals surface area (Å²) in [5, 5.41) is 0. The van der Waals surface area contributed by atoms with Crippen molar-refractivity contribution in [3.63, 3.8) is 0 Å². The highest BCUT2D eigenvalue weighted by molar-refractivity contribution is 6.64. The van der Waals surface area contributed by atoms with E-state index in [0.29, 0.717) is 0 Å². The summed E-state index contributed by atoms with van der Waals surface area (Å²) in [7, 11) is -2.92. The Morgan fingerprint density at radius 1 is 0.957 bits per heavy atom. The highest BCUT2D eigenvalue weighted by Crippen LogP contribution is 2.38. The first-order valence-electron chi connectivity index (χ1n) is 8.17. The zero-order chi connectivity index (χ0) is 17.5. The van der Waals surface area contributed by atoms with Gasteiger partial charge < -0.3 is 8.85 Å². The van der Waals surface area contributed by atoms with Gasteiger partial charge in [0.1, 0.15) is 0 Å². The van der Waals surface area contributed by atoms with Gasteiger partial charge in [-0.1, -0.05) is 57.0 Å². The summed E-state index contributed by atoms with van der Waals surface area (Å²) in [6.07, 6.45) is -2.86. The molecule has 0 aliphatic carbocycles. The molecule has 0 heterocycles. The van der Waals surface area contributed by atoms with E-state index in [1.54, 1.807) is 31.3 Å². The molecule has 0 bridgehead atoms. The minimum atomic E-state index is -4.46. The van der Waals surface area contributed by atoms with Crippen LogP contribution in [0.25, 0.3) is 0 Å². The predicted octanol–water partition coefficient (Wildman–Crippen LogP) is 5.99. The Bertz CT molecular complexity index is 443. The molecule has 0 aliphatic rings. The summed E-state index contributed by atoms with van der Waals surface area (Å²) in [6.45, 7) is 7.47. The zero-order valence-corrected chi connectivity index (χ0v) is 15.3. The molecular weight excluding hydrogens is 321 g/mol. The quantitative estimate of drug-likeness (QED) is 0.510. The fourth-order valence-corrected chi connectivity index (χ4v) is 4.50. The summed E-state index contributed by atoms with van der Waals surface area (Å²) in [5.41, 5.74) is 0.117. The Labute approximate surface area is 138 Å². The van der Waals surface area contributed by atoms with E-state index in [1.165, 1.54) is 12.1 Å². The van der Waals surface area contributed by atoms with Gasteiger partial charge in [-0.15, -0.1) is 0 Å². The third kappa shape index (κ3) is 7.06. The van der Waals surface area contributed by atoms with Gasteiger partial charge in [0.05, 0.1) is 0 Å². The van der Waals surface area contributed by atoms with Crippen LogP contribution in [0.15, 0.2) is 30.3 Å². The average molecular weight is 348 g/mol. The molecule has 0 aliphatic heterocycles. The summed E-state index contributed by atoms with van der Waals surface area (Å²) >= 11 is 0. The molecule has 2 nitrogen and oxygen atoms in total. The molecule has 6 heteroatoms. The van der Waals surface area contributed by atoms with Crippen LogP contribution in [-0.2, 0) is 8.85 Å². The molecule has 23 heavy (non-hydrogen) atoms. The third-order valence-electron chi connectivity index (χ3n) is 3.47. The van der Waals surface area contributed by atoms with Crippen molar-refractivity contribution in [2.75, 3.05) is 0 Å². The Morgan fingerprint density at radius 3 is 1.91 bits per heavy atom. The number of hydrogen-bond donors (Lipinski definition) is 0. The number of hydrogen-bond acceptors (Lipinski definition) is 2. The summed E-state index contributed by atoms with van der Waals surface area (Å²) in [5.74, 6) is 0. The van der Waals surface area contributed by atoms with Gasteiger partial charge in [-0.05, 0) is 31.5 Å². The van der Waals surface area contributed by atoms with Crippen molar-refractivity contribution in [2.24, 2.45) is 0 Å². The van der Waals surface area contributed by atoms with Crippen molar-refractivity contribution in [1.82, 2.24) is 0 Å². The molecule has 0 saturated heterocycles. The Hall–Kier alpha value is -0.853. The van der Waals surface area contributed by atoms with E-state index >= 15 is 0 Å². The summed E-state index contributed by atoms with van der Waals surface area (Å²) in [6, 6.07) is 7.75. The molecule has 1 aromatic rings. The summed E-state index contributed by atoms with van der Waals surface area (Å²) < 4.78 is 51.7. The monoisotopic (exact) mass is 348 g/mol. The molecule has 0 aromatic heterocycles. The number of rotatable bonds is 9. The van der Waals surface area contributed by atoms with E-state index < -0.39 is 20.8 Å². The number of benzene rings is 1. The molecule has 132 valence electrons. The Morgan fingerprint density at radius 2 is 1.48 bits per heavy atom. The second-order valence-electron chi connectivity index (χ2n) is 6.17. The van der Waals surface area contributed by atoms with E-state index in [1.807, 2.05) is 13.8 Å². The fourth-order valence-electron chi connectivity index (χ4n) is 2.57. The molecule has 0 spiro atoms.